The van der Waals surface area contributed by atoms with Crippen molar-refractivity contribution < 1.29 is 9.59 Å². The van der Waals surface area contributed by atoms with Crippen molar-refractivity contribution in [1.29, 1.82) is 0 Å². The van der Waals surface area contributed by atoms with Crippen LogP contribution in [0, 0.1) is 13.8 Å². The molecule has 28 heavy (non-hydrogen) atoms. The number of anilines is 1. The van der Waals surface area contributed by atoms with Gasteiger partial charge in [-0.05, 0) is 51.0 Å². The maximum absolute atomic E-state index is 13.2. The normalized spacial score (nSPS) is 24.1. The van der Waals surface area contributed by atoms with E-state index in [1.165, 1.54) is 4.90 Å². The van der Waals surface area contributed by atoms with E-state index in [9.17, 15) is 9.59 Å². The quantitative estimate of drug-likeness (QED) is 0.758. The molecule has 0 aliphatic carbocycles. The van der Waals surface area contributed by atoms with Crippen LogP contribution in [0.5, 0.6) is 0 Å². The number of hydrogen-bond donors (Lipinski definition) is 0. The summed E-state index contributed by atoms with van der Waals surface area (Å²) in [4.78, 5) is 37.5. The van der Waals surface area contributed by atoms with Crippen molar-refractivity contribution >= 4 is 23.6 Å². The molecule has 7 heteroatoms. The zero-order valence-corrected chi connectivity index (χ0v) is 16.9. The van der Waals surface area contributed by atoms with Gasteiger partial charge in [-0.2, -0.15) is 0 Å². The van der Waals surface area contributed by atoms with E-state index < -0.39 is 12.2 Å². The largest absolute Gasteiger partial charge is 0.328 e. The first-order valence-corrected chi connectivity index (χ1v) is 9.38. The van der Waals surface area contributed by atoms with Crippen LogP contribution in [0.1, 0.15) is 25.0 Å². The molecule has 3 heterocycles. The van der Waals surface area contributed by atoms with Crippen LogP contribution in [0.3, 0.4) is 0 Å². The minimum atomic E-state index is -0.552. The van der Waals surface area contributed by atoms with E-state index in [1.54, 1.807) is 18.0 Å². The minimum absolute atomic E-state index is 0.191. The summed E-state index contributed by atoms with van der Waals surface area (Å²) >= 11 is 0. The summed E-state index contributed by atoms with van der Waals surface area (Å²) in [6.45, 7) is 12.0. The number of fused-ring (bicyclic) bond motifs is 3. The molecule has 0 aromatic heterocycles. The Kier molecular flexibility index (Phi) is 4.06. The lowest BCUT2D eigenvalue weighted by molar-refractivity contribution is -0.136. The molecular weight excluding hydrogens is 354 g/mol. The maximum Gasteiger partial charge on any atom is 0.328 e. The van der Waals surface area contributed by atoms with Crippen LogP contribution < -0.4 is 4.90 Å². The topological polar surface area (TPSA) is 59.5 Å². The van der Waals surface area contributed by atoms with Crippen LogP contribution >= 0.6 is 0 Å². The number of hydrogen-bond acceptors (Lipinski definition) is 5. The Labute approximate surface area is 165 Å². The predicted octanol–water partition coefficient (Wildman–Crippen LogP) is 2.82. The van der Waals surface area contributed by atoms with Gasteiger partial charge in [0.2, 0.25) is 5.96 Å². The number of likely N-dealkylation sites (N-methyl/N-ethyl adjacent to an activating group) is 1. The van der Waals surface area contributed by atoms with Gasteiger partial charge in [-0.25, -0.2) is 9.79 Å². The number of carbonyl (C=O) groups excluding carboxylic acids is 2. The molecule has 0 spiro atoms. The highest BCUT2D eigenvalue weighted by molar-refractivity contribution is 6.10. The monoisotopic (exact) mass is 379 g/mol. The smallest absolute Gasteiger partial charge is 0.302 e. The fourth-order valence-electron chi connectivity index (χ4n) is 4.30. The number of amides is 3. The summed E-state index contributed by atoms with van der Waals surface area (Å²) in [6.07, 6.45) is 1.04. The average Bonchev–Trinajstić information content (AvgIpc) is 3.12. The van der Waals surface area contributed by atoms with Crippen LogP contribution in [-0.2, 0) is 4.79 Å². The molecule has 3 aliphatic rings. The average molecular weight is 379 g/mol. The first-order valence-electron chi connectivity index (χ1n) is 9.38. The van der Waals surface area contributed by atoms with Gasteiger partial charge in [0, 0.05) is 30.7 Å². The maximum atomic E-state index is 13.2. The van der Waals surface area contributed by atoms with Crippen LogP contribution in [0.2, 0.25) is 0 Å². The number of carbonyl (C=O) groups is 2. The highest BCUT2D eigenvalue weighted by Gasteiger charge is 2.55. The molecule has 7 nitrogen and oxygen atoms in total. The van der Waals surface area contributed by atoms with E-state index in [2.05, 4.69) is 43.5 Å². The molecule has 3 amide bonds. The molecule has 4 rings (SSSR count). The fourth-order valence-corrected chi connectivity index (χ4v) is 4.30. The highest BCUT2D eigenvalue weighted by Crippen LogP contribution is 2.40. The molecule has 0 radical (unpaired) electrons. The Morgan fingerprint density at radius 3 is 2.32 bits per heavy atom. The molecule has 2 unspecified atom stereocenters. The van der Waals surface area contributed by atoms with Gasteiger partial charge in [0.25, 0.3) is 5.91 Å². The lowest BCUT2D eigenvalue weighted by Gasteiger charge is -2.40. The Hall–Kier alpha value is -3.09. The van der Waals surface area contributed by atoms with E-state index in [0.29, 0.717) is 5.96 Å². The summed E-state index contributed by atoms with van der Waals surface area (Å²) in [6, 6.07) is 5.45. The van der Waals surface area contributed by atoms with Crippen molar-refractivity contribution in [1.82, 2.24) is 14.7 Å². The second-order valence-electron chi connectivity index (χ2n) is 7.64. The number of aryl methyl sites for hydroxylation is 2. The van der Waals surface area contributed by atoms with Crippen LogP contribution in [0.25, 0.3) is 0 Å². The molecule has 146 valence electrons. The number of benzene rings is 1. The van der Waals surface area contributed by atoms with E-state index >= 15 is 0 Å². The molecule has 0 bridgehead atoms. The Bertz CT molecular complexity index is 943. The fraction of sp³-hybridized carbons (Fsp3) is 0.381. The van der Waals surface area contributed by atoms with Crippen molar-refractivity contribution in [3.63, 3.8) is 0 Å². The molecule has 3 aliphatic heterocycles. The molecule has 0 saturated carbocycles. The van der Waals surface area contributed by atoms with Crippen molar-refractivity contribution in [3.05, 3.63) is 53.4 Å². The Morgan fingerprint density at radius 1 is 1.07 bits per heavy atom. The van der Waals surface area contributed by atoms with Crippen LogP contribution in [-0.4, -0.2) is 58.4 Å². The summed E-state index contributed by atoms with van der Waals surface area (Å²) in [5, 5.41) is 0. The van der Waals surface area contributed by atoms with Gasteiger partial charge in [-0.15, -0.1) is 6.58 Å². The second kappa shape index (κ2) is 6.22. The third kappa shape index (κ3) is 2.38. The van der Waals surface area contributed by atoms with Gasteiger partial charge < -0.3 is 4.90 Å². The van der Waals surface area contributed by atoms with Gasteiger partial charge >= 0.3 is 6.03 Å². The van der Waals surface area contributed by atoms with Gasteiger partial charge in [-0.1, -0.05) is 12.1 Å². The summed E-state index contributed by atoms with van der Waals surface area (Å²) in [7, 11) is 1.70. The minimum Gasteiger partial charge on any atom is -0.302 e. The summed E-state index contributed by atoms with van der Waals surface area (Å²) < 4.78 is 0. The second-order valence-corrected chi connectivity index (χ2v) is 7.64. The molecule has 2 atom stereocenters. The van der Waals surface area contributed by atoms with E-state index in [4.69, 9.17) is 4.99 Å². The van der Waals surface area contributed by atoms with Crippen molar-refractivity contribution in [2.45, 2.75) is 39.9 Å². The summed E-state index contributed by atoms with van der Waals surface area (Å²) in [5.41, 5.74) is 5.34. The van der Waals surface area contributed by atoms with Gasteiger partial charge in [0.05, 0.1) is 0 Å². The van der Waals surface area contributed by atoms with Crippen molar-refractivity contribution in [3.8, 4) is 0 Å². The van der Waals surface area contributed by atoms with E-state index in [1.807, 2.05) is 18.7 Å². The molecule has 1 saturated heterocycles. The summed E-state index contributed by atoms with van der Waals surface area (Å²) in [5.74, 6) is 0.463. The zero-order valence-electron chi connectivity index (χ0n) is 16.9. The van der Waals surface area contributed by atoms with Crippen LogP contribution in [0.4, 0.5) is 10.5 Å². The van der Waals surface area contributed by atoms with Crippen molar-refractivity contribution in [2.75, 3.05) is 18.5 Å². The standard InChI is InChI=1S/C21H25N5O2/c1-7-8-24-19(27)17-18(23(6)21(24)28)22-20-25(14(4)15(5)26(17)20)16-10-12(2)9-13(3)11-16/h7,9-11,17-18H,1,8H2,2-6H3. The number of aliphatic imine (C=N–C) groups is 1. The number of urea groups is 1. The third-order valence-electron chi connectivity index (χ3n) is 5.67. The van der Waals surface area contributed by atoms with Gasteiger partial charge in [0.1, 0.15) is 0 Å². The first kappa shape index (κ1) is 18.3. The number of rotatable bonds is 3. The third-order valence-corrected chi connectivity index (χ3v) is 5.67. The lowest BCUT2D eigenvalue weighted by Crippen LogP contribution is -2.64. The zero-order chi connectivity index (χ0) is 20.3. The number of imide groups is 1. The Balaban J connectivity index is 1.81. The van der Waals surface area contributed by atoms with Crippen molar-refractivity contribution in [2.24, 2.45) is 4.99 Å². The number of allylic oxidation sites excluding steroid dienone is 2. The number of nitrogens with zero attached hydrogens (tertiary/aromatic N) is 5. The van der Waals surface area contributed by atoms with Gasteiger partial charge in [0.15, 0.2) is 12.2 Å². The van der Waals surface area contributed by atoms with Gasteiger partial charge in [-0.3, -0.25) is 19.5 Å². The molecule has 0 N–H and O–H groups in total. The molecule has 1 fully saturated rings. The van der Waals surface area contributed by atoms with Crippen LogP contribution in [0.15, 0.2) is 47.2 Å². The lowest BCUT2D eigenvalue weighted by atomic mass is 10.1. The highest BCUT2D eigenvalue weighted by atomic mass is 16.2. The molecular formula is C21H25N5O2. The molecule has 1 aromatic carbocycles. The number of guanidine groups is 1. The van der Waals surface area contributed by atoms with E-state index in [-0.39, 0.29) is 18.5 Å². The molecule has 1 aromatic rings. The predicted molar refractivity (Wildman–Crippen MR) is 109 cm³/mol. The first-order chi connectivity index (χ1) is 13.3. The SMILES string of the molecule is C=CCN1C(=O)C2C(N=C3N(c4cc(C)cc(C)c4)C(C)=C(C)N32)N(C)C1=O. The van der Waals surface area contributed by atoms with E-state index in [0.717, 1.165) is 28.2 Å². The Morgan fingerprint density at radius 2 is 1.71 bits per heavy atom.